The van der Waals surface area contributed by atoms with E-state index in [1.54, 1.807) is 4.90 Å². The van der Waals surface area contributed by atoms with E-state index in [0.29, 0.717) is 36.9 Å². The summed E-state index contributed by atoms with van der Waals surface area (Å²) >= 11 is 8.12. The van der Waals surface area contributed by atoms with Gasteiger partial charge in [-0.05, 0) is 36.6 Å². The maximum Gasteiger partial charge on any atom is 0.416 e. The zero-order valence-corrected chi connectivity index (χ0v) is 21.8. The molecule has 11 heteroatoms. The van der Waals surface area contributed by atoms with Gasteiger partial charge in [-0.3, -0.25) is 14.4 Å². The van der Waals surface area contributed by atoms with Crippen molar-refractivity contribution in [3.05, 3.63) is 97.9 Å². The standard InChI is InChI=1S/C27H21ClF3N5OS/c1-15-33-34-22-13-32-25(17-7-3-5-9-20(17)28)24-18-10-11-35(14-21(18)38-26(24)36(15)22)23(37)12-16-6-2-4-8-19(16)27(29,30)31/h2-9H,10-14H2,1H3. The van der Waals surface area contributed by atoms with Crippen molar-refractivity contribution in [2.45, 2.75) is 39.0 Å². The third-order valence-corrected chi connectivity index (χ3v) is 8.43. The van der Waals surface area contributed by atoms with Gasteiger partial charge in [-0.15, -0.1) is 21.5 Å². The summed E-state index contributed by atoms with van der Waals surface area (Å²) in [7, 11) is 0. The summed E-state index contributed by atoms with van der Waals surface area (Å²) in [6.07, 6.45) is -4.27. The van der Waals surface area contributed by atoms with Crippen LogP contribution in [0.5, 0.6) is 0 Å². The van der Waals surface area contributed by atoms with E-state index in [1.807, 2.05) is 35.8 Å². The molecule has 6 rings (SSSR count). The molecule has 0 spiro atoms. The van der Waals surface area contributed by atoms with E-state index in [9.17, 15) is 18.0 Å². The third-order valence-electron chi connectivity index (χ3n) is 6.89. The van der Waals surface area contributed by atoms with Crippen LogP contribution in [-0.4, -0.2) is 37.8 Å². The Morgan fingerprint density at radius 2 is 1.87 bits per heavy atom. The number of carbonyl (C=O) groups is 1. The number of amides is 1. The number of carbonyl (C=O) groups excluding carboxylic acids is 1. The van der Waals surface area contributed by atoms with Gasteiger partial charge in [0.25, 0.3) is 0 Å². The van der Waals surface area contributed by atoms with Gasteiger partial charge in [-0.1, -0.05) is 48.0 Å². The van der Waals surface area contributed by atoms with Crippen molar-refractivity contribution in [1.29, 1.82) is 0 Å². The molecule has 0 fully saturated rings. The number of thiophene rings is 1. The fourth-order valence-electron chi connectivity index (χ4n) is 5.10. The Labute approximate surface area is 225 Å². The number of halogens is 4. The molecule has 0 unspecified atom stereocenters. The number of aromatic nitrogens is 3. The fourth-order valence-corrected chi connectivity index (χ4v) is 6.76. The summed E-state index contributed by atoms with van der Waals surface area (Å²) in [4.78, 5) is 20.7. The highest BCUT2D eigenvalue weighted by Crippen LogP contribution is 2.41. The SMILES string of the molecule is Cc1nnc2n1-c1sc3c(c1C(c1ccccc1Cl)=NC2)CCN(C(=O)Cc1ccccc1C(F)(F)F)C3. The zero-order chi connectivity index (χ0) is 26.6. The molecule has 0 N–H and O–H groups in total. The Kier molecular flexibility index (Phi) is 6.11. The molecule has 2 aromatic heterocycles. The van der Waals surface area contributed by atoms with E-state index in [-0.39, 0.29) is 17.9 Å². The first-order chi connectivity index (χ1) is 18.2. The highest BCUT2D eigenvalue weighted by Gasteiger charge is 2.36. The lowest BCUT2D eigenvalue weighted by atomic mass is 9.95. The van der Waals surface area contributed by atoms with Crippen LogP contribution in [0.15, 0.2) is 53.5 Å². The van der Waals surface area contributed by atoms with Gasteiger partial charge in [-0.25, -0.2) is 0 Å². The average Bonchev–Trinajstić information content (AvgIpc) is 3.39. The van der Waals surface area contributed by atoms with E-state index in [4.69, 9.17) is 16.6 Å². The van der Waals surface area contributed by atoms with Crippen molar-refractivity contribution in [2.24, 2.45) is 4.99 Å². The average molecular weight is 556 g/mol. The maximum atomic E-state index is 13.5. The summed E-state index contributed by atoms with van der Waals surface area (Å²) in [6.45, 7) is 2.94. The molecule has 0 aliphatic carbocycles. The van der Waals surface area contributed by atoms with Gasteiger partial charge < -0.3 is 4.90 Å². The fraction of sp³-hybridized carbons (Fsp3) is 0.259. The first kappa shape index (κ1) is 24.8. The molecule has 6 nitrogen and oxygen atoms in total. The molecule has 4 heterocycles. The lowest BCUT2D eigenvalue weighted by Gasteiger charge is -2.28. The van der Waals surface area contributed by atoms with Crippen LogP contribution in [0.3, 0.4) is 0 Å². The third kappa shape index (κ3) is 4.21. The molecule has 0 bridgehead atoms. The van der Waals surface area contributed by atoms with Crippen LogP contribution in [0.1, 0.15) is 44.3 Å². The quantitative estimate of drug-likeness (QED) is 0.321. The molecule has 2 aliphatic heterocycles. The molecular formula is C27H21ClF3N5OS. The zero-order valence-electron chi connectivity index (χ0n) is 20.2. The van der Waals surface area contributed by atoms with Crippen molar-refractivity contribution in [3.63, 3.8) is 0 Å². The molecule has 0 radical (unpaired) electrons. The Bertz CT molecular complexity index is 1610. The molecule has 0 saturated heterocycles. The van der Waals surface area contributed by atoms with Gasteiger partial charge in [0.15, 0.2) is 5.82 Å². The second-order valence-electron chi connectivity index (χ2n) is 9.22. The minimum Gasteiger partial charge on any atom is -0.337 e. The number of fused-ring (bicyclic) bond motifs is 5. The van der Waals surface area contributed by atoms with E-state index in [1.165, 1.54) is 29.5 Å². The normalized spacial score (nSPS) is 14.9. The minimum atomic E-state index is -4.51. The Morgan fingerprint density at radius 3 is 2.66 bits per heavy atom. The Morgan fingerprint density at radius 1 is 1.11 bits per heavy atom. The number of hydrogen-bond acceptors (Lipinski definition) is 5. The molecule has 4 aromatic rings. The van der Waals surface area contributed by atoms with Gasteiger partial charge in [0, 0.05) is 27.6 Å². The molecule has 0 atom stereocenters. The number of hydrogen-bond donors (Lipinski definition) is 0. The van der Waals surface area contributed by atoms with E-state index < -0.39 is 11.7 Å². The summed E-state index contributed by atoms with van der Waals surface area (Å²) in [5.41, 5.74) is 2.82. The molecule has 38 heavy (non-hydrogen) atoms. The van der Waals surface area contributed by atoms with Crippen molar-refractivity contribution in [2.75, 3.05) is 6.54 Å². The second kappa shape index (κ2) is 9.36. The van der Waals surface area contributed by atoms with Crippen LogP contribution in [-0.2, 0) is 36.9 Å². The van der Waals surface area contributed by atoms with Gasteiger partial charge in [0.2, 0.25) is 5.91 Å². The molecule has 2 aromatic carbocycles. The number of aliphatic imine (C=N–C) groups is 1. The topological polar surface area (TPSA) is 63.4 Å². The predicted octanol–water partition coefficient (Wildman–Crippen LogP) is 5.79. The Hall–Kier alpha value is -3.50. The van der Waals surface area contributed by atoms with Gasteiger partial charge >= 0.3 is 6.18 Å². The summed E-state index contributed by atoms with van der Waals surface area (Å²) in [5, 5.41) is 10.1. The molecule has 2 aliphatic rings. The summed E-state index contributed by atoms with van der Waals surface area (Å²) in [6, 6.07) is 12.8. The summed E-state index contributed by atoms with van der Waals surface area (Å²) < 4.78 is 42.4. The van der Waals surface area contributed by atoms with Crippen LogP contribution in [0.2, 0.25) is 5.02 Å². The molecule has 1 amide bonds. The smallest absolute Gasteiger partial charge is 0.337 e. The van der Waals surface area contributed by atoms with Crippen molar-refractivity contribution in [1.82, 2.24) is 19.7 Å². The predicted molar refractivity (Wildman–Crippen MR) is 139 cm³/mol. The summed E-state index contributed by atoms with van der Waals surface area (Å²) in [5.74, 6) is 1.10. The highest BCUT2D eigenvalue weighted by atomic mass is 35.5. The van der Waals surface area contributed by atoms with Crippen LogP contribution in [0.4, 0.5) is 13.2 Å². The maximum absolute atomic E-state index is 13.5. The van der Waals surface area contributed by atoms with E-state index >= 15 is 0 Å². The molecule has 0 saturated carbocycles. The number of rotatable bonds is 3. The number of nitrogens with zero attached hydrogens (tertiary/aromatic N) is 5. The van der Waals surface area contributed by atoms with Crippen molar-refractivity contribution >= 4 is 34.6 Å². The van der Waals surface area contributed by atoms with E-state index in [2.05, 4.69) is 10.2 Å². The van der Waals surface area contributed by atoms with Crippen LogP contribution >= 0.6 is 22.9 Å². The first-order valence-electron chi connectivity index (χ1n) is 12.0. The van der Waals surface area contributed by atoms with Crippen LogP contribution < -0.4 is 0 Å². The minimum absolute atomic E-state index is 0.0179. The first-order valence-corrected chi connectivity index (χ1v) is 13.2. The number of aryl methyl sites for hydroxylation is 1. The van der Waals surface area contributed by atoms with Crippen LogP contribution in [0, 0.1) is 6.92 Å². The number of alkyl halides is 3. The van der Waals surface area contributed by atoms with Crippen molar-refractivity contribution < 1.29 is 18.0 Å². The largest absolute Gasteiger partial charge is 0.416 e. The van der Waals surface area contributed by atoms with Gasteiger partial charge in [0.05, 0.1) is 24.2 Å². The molecule has 194 valence electrons. The van der Waals surface area contributed by atoms with E-state index in [0.717, 1.165) is 44.2 Å². The van der Waals surface area contributed by atoms with Gasteiger partial charge in [0.1, 0.15) is 17.4 Å². The lowest BCUT2D eigenvalue weighted by Crippen LogP contribution is -2.37. The monoisotopic (exact) mass is 555 g/mol. The Balaban J connectivity index is 1.38. The van der Waals surface area contributed by atoms with Gasteiger partial charge in [-0.2, -0.15) is 13.2 Å². The second-order valence-corrected chi connectivity index (χ2v) is 10.7. The highest BCUT2D eigenvalue weighted by molar-refractivity contribution is 7.15. The number of benzene rings is 2. The van der Waals surface area contributed by atoms with Crippen LogP contribution in [0.25, 0.3) is 5.00 Å². The molecular weight excluding hydrogens is 535 g/mol. The van der Waals surface area contributed by atoms with Crippen molar-refractivity contribution in [3.8, 4) is 5.00 Å². The lowest BCUT2D eigenvalue weighted by molar-refractivity contribution is -0.138.